The second-order valence-corrected chi connectivity index (χ2v) is 6.10. The molecule has 0 spiro atoms. The smallest absolute Gasteiger partial charge is 0.812 e. The minimum atomic E-state index is -4.02. The van der Waals surface area contributed by atoms with E-state index in [1.165, 1.54) is 0 Å². The van der Waals surface area contributed by atoms with Crippen LogP contribution in [0.5, 0.6) is 0 Å². The SMILES string of the molecule is O=CN(CCNCCOP([O-])([O-])=S)C1CC1.[Li+].[Li+]. The third kappa shape index (κ3) is 11.0. The molecule has 94 valence electrons. The van der Waals surface area contributed by atoms with Crippen molar-refractivity contribution in [2.45, 2.75) is 18.9 Å². The first kappa shape index (κ1) is 21.5. The normalized spacial score (nSPS) is 14.3. The van der Waals surface area contributed by atoms with Gasteiger partial charge in [0, 0.05) is 25.7 Å². The van der Waals surface area contributed by atoms with Crippen molar-refractivity contribution in [3.63, 3.8) is 0 Å². The van der Waals surface area contributed by atoms with E-state index in [-0.39, 0.29) is 44.3 Å². The summed E-state index contributed by atoms with van der Waals surface area (Å²) in [6.45, 7) is -2.32. The van der Waals surface area contributed by atoms with Crippen LogP contribution in [0.1, 0.15) is 12.8 Å². The maximum absolute atomic E-state index is 10.6. The summed E-state index contributed by atoms with van der Waals surface area (Å²) in [5.41, 5.74) is 0. The van der Waals surface area contributed by atoms with Crippen LogP contribution in [-0.2, 0) is 21.1 Å². The molecule has 0 saturated heterocycles. The van der Waals surface area contributed by atoms with Crippen molar-refractivity contribution in [2.75, 3.05) is 26.2 Å². The molecule has 10 heteroatoms. The van der Waals surface area contributed by atoms with Crippen LogP contribution in [0.15, 0.2) is 0 Å². The molecule has 0 bridgehead atoms. The van der Waals surface area contributed by atoms with Crippen LogP contribution in [0.4, 0.5) is 0 Å². The Morgan fingerprint density at radius 2 is 2.00 bits per heavy atom. The number of amides is 1. The second-order valence-electron chi connectivity index (χ2n) is 3.60. The van der Waals surface area contributed by atoms with E-state index in [0.29, 0.717) is 25.7 Å². The van der Waals surface area contributed by atoms with Gasteiger partial charge in [-0.15, -0.1) is 11.8 Å². The van der Waals surface area contributed by atoms with Gasteiger partial charge in [-0.2, -0.15) is 0 Å². The Hall–Kier alpha value is 1.15. The molecule has 0 radical (unpaired) electrons. The summed E-state index contributed by atoms with van der Waals surface area (Å²) in [5, 5.41) is 2.97. The van der Waals surface area contributed by atoms with Crippen molar-refractivity contribution >= 4 is 24.9 Å². The van der Waals surface area contributed by atoms with Crippen LogP contribution < -0.4 is 52.8 Å². The minimum Gasteiger partial charge on any atom is -0.812 e. The maximum Gasteiger partial charge on any atom is 1.00 e. The first-order valence-corrected chi connectivity index (χ1v) is 7.67. The molecule has 0 aliphatic heterocycles. The van der Waals surface area contributed by atoms with Crippen molar-refractivity contribution in [3.8, 4) is 0 Å². The molecular formula is C8H15Li2N2O4PS. The van der Waals surface area contributed by atoms with Gasteiger partial charge in [0.05, 0.1) is 6.61 Å². The van der Waals surface area contributed by atoms with Gasteiger partial charge in [0.2, 0.25) is 6.41 Å². The number of hydrogen-bond donors (Lipinski definition) is 1. The van der Waals surface area contributed by atoms with Gasteiger partial charge in [0.25, 0.3) is 0 Å². The number of rotatable bonds is 9. The molecule has 1 N–H and O–H groups in total. The van der Waals surface area contributed by atoms with Crippen molar-refractivity contribution in [3.05, 3.63) is 0 Å². The fraction of sp³-hybridized carbons (Fsp3) is 0.875. The van der Waals surface area contributed by atoms with Crippen LogP contribution in [0.3, 0.4) is 0 Å². The van der Waals surface area contributed by atoms with Crippen molar-refractivity contribution in [1.29, 1.82) is 0 Å². The molecule has 6 nitrogen and oxygen atoms in total. The van der Waals surface area contributed by atoms with E-state index in [0.717, 1.165) is 19.3 Å². The topological polar surface area (TPSA) is 87.7 Å². The maximum atomic E-state index is 10.6. The van der Waals surface area contributed by atoms with Crippen LogP contribution >= 0.6 is 6.72 Å². The van der Waals surface area contributed by atoms with Crippen LogP contribution in [0.2, 0.25) is 0 Å². The fourth-order valence-electron chi connectivity index (χ4n) is 1.29. The summed E-state index contributed by atoms with van der Waals surface area (Å²) in [5.74, 6) is 0. The molecule has 0 heterocycles. The molecule has 1 fully saturated rings. The van der Waals surface area contributed by atoms with Gasteiger partial charge in [-0.3, -0.25) is 4.79 Å². The van der Waals surface area contributed by atoms with E-state index in [1.807, 2.05) is 0 Å². The zero-order valence-corrected chi connectivity index (χ0v) is 12.5. The van der Waals surface area contributed by atoms with Gasteiger partial charge in [-0.1, -0.05) is 6.72 Å². The Labute approximate surface area is 136 Å². The first-order chi connectivity index (χ1) is 7.53. The molecule has 0 unspecified atom stereocenters. The Balaban J connectivity index is 0. The molecule has 0 aromatic heterocycles. The number of carbonyl (C=O) groups excluding carboxylic acids is 1. The van der Waals surface area contributed by atoms with E-state index >= 15 is 0 Å². The predicted molar refractivity (Wildman–Crippen MR) is 58.9 cm³/mol. The molecule has 18 heavy (non-hydrogen) atoms. The summed E-state index contributed by atoms with van der Waals surface area (Å²) < 4.78 is 4.39. The number of nitrogens with zero attached hydrogens (tertiary/aromatic N) is 1. The average molecular weight is 280 g/mol. The van der Waals surface area contributed by atoms with E-state index in [2.05, 4.69) is 21.6 Å². The quantitative estimate of drug-likeness (QED) is 0.195. The average Bonchev–Trinajstić information content (AvgIpc) is 2.99. The molecular weight excluding hydrogens is 265 g/mol. The third-order valence-electron chi connectivity index (χ3n) is 2.23. The molecule has 1 aliphatic rings. The Kier molecular flexibility index (Phi) is 13.0. The number of nitrogens with one attached hydrogen (secondary N) is 1. The van der Waals surface area contributed by atoms with E-state index in [1.54, 1.807) is 4.90 Å². The van der Waals surface area contributed by atoms with Crippen molar-refractivity contribution in [2.24, 2.45) is 0 Å². The van der Waals surface area contributed by atoms with Gasteiger partial charge in [0.1, 0.15) is 0 Å². The summed E-state index contributed by atoms with van der Waals surface area (Å²) in [6, 6.07) is 0.407. The standard InChI is InChI=1S/C8H17N2O4PS.2Li/c11-7-10(8-1-2-8)5-3-9-4-6-14-15(12,13)16;;/h7-9H,1-6H2,(H2,12,13,16);;/q;2*+1/p-2. The molecule has 0 aromatic rings. The summed E-state index contributed by atoms with van der Waals surface area (Å²) in [6.07, 6.45) is 3.01. The van der Waals surface area contributed by atoms with Gasteiger partial charge in [0.15, 0.2) is 0 Å². The zero-order valence-electron chi connectivity index (χ0n) is 10.8. The molecule has 1 aliphatic carbocycles. The summed E-state index contributed by atoms with van der Waals surface area (Å²) >= 11 is 4.06. The zero-order chi connectivity index (χ0) is 12.0. The minimum absolute atomic E-state index is 0. The summed E-state index contributed by atoms with van der Waals surface area (Å²) in [4.78, 5) is 33.3. The molecule has 1 rings (SSSR count). The fourth-order valence-corrected chi connectivity index (χ4v) is 1.83. The molecule has 0 atom stereocenters. The van der Waals surface area contributed by atoms with E-state index in [4.69, 9.17) is 0 Å². The van der Waals surface area contributed by atoms with Crippen molar-refractivity contribution in [1.82, 2.24) is 10.2 Å². The van der Waals surface area contributed by atoms with Gasteiger partial charge in [-0.05, 0) is 12.8 Å². The van der Waals surface area contributed by atoms with Crippen molar-refractivity contribution < 1.29 is 56.8 Å². The number of carbonyl (C=O) groups is 1. The van der Waals surface area contributed by atoms with Gasteiger partial charge >= 0.3 is 37.7 Å². The van der Waals surface area contributed by atoms with E-state index < -0.39 is 6.72 Å². The molecule has 0 aromatic carbocycles. The van der Waals surface area contributed by atoms with E-state index in [9.17, 15) is 14.6 Å². The van der Waals surface area contributed by atoms with Crippen LogP contribution in [0.25, 0.3) is 0 Å². The Morgan fingerprint density at radius 3 is 2.44 bits per heavy atom. The molecule has 1 amide bonds. The van der Waals surface area contributed by atoms with Crippen LogP contribution in [-0.4, -0.2) is 43.6 Å². The second kappa shape index (κ2) is 10.9. The number of hydrogen-bond acceptors (Lipinski definition) is 6. The third-order valence-corrected chi connectivity index (χ3v) is 3.04. The Morgan fingerprint density at radius 1 is 1.39 bits per heavy atom. The van der Waals surface area contributed by atoms with Gasteiger partial charge < -0.3 is 24.5 Å². The molecule has 1 saturated carbocycles. The summed E-state index contributed by atoms with van der Waals surface area (Å²) in [7, 11) is 0. The Bertz CT molecular complexity index is 278. The first-order valence-electron chi connectivity index (χ1n) is 5.11. The van der Waals surface area contributed by atoms with Gasteiger partial charge in [-0.25, -0.2) is 0 Å². The monoisotopic (exact) mass is 280 g/mol. The largest absolute Gasteiger partial charge is 1.00 e. The van der Waals surface area contributed by atoms with Crippen LogP contribution in [0, 0.1) is 0 Å². The predicted octanol–water partition coefficient (Wildman–Crippen LogP) is -7.83.